The van der Waals surface area contributed by atoms with Crippen LogP contribution in [0, 0.1) is 0 Å². The lowest BCUT2D eigenvalue weighted by molar-refractivity contribution is -0.192. The molecule has 1 aromatic heterocycles. The first-order chi connectivity index (χ1) is 13.0. The third-order valence-electron chi connectivity index (χ3n) is 5.06. The predicted octanol–water partition coefficient (Wildman–Crippen LogP) is 1.69. The van der Waals surface area contributed by atoms with Gasteiger partial charge in [0.15, 0.2) is 0 Å². The maximum Gasteiger partial charge on any atom is 0.490 e. The molecule has 0 aliphatic carbocycles. The van der Waals surface area contributed by atoms with Crippen LogP contribution in [0.2, 0.25) is 0 Å². The quantitative estimate of drug-likeness (QED) is 0.791. The van der Waals surface area contributed by atoms with E-state index in [0.717, 1.165) is 37.6 Å². The van der Waals surface area contributed by atoms with Crippen LogP contribution in [0.4, 0.5) is 18.3 Å². The second-order valence-corrected chi connectivity index (χ2v) is 7.88. The van der Waals surface area contributed by atoms with E-state index in [4.69, 9.17) is 9.90 Å². The average Bonchev–Trinajstić information content (AvgIpc) is 3.26. The van der Waals surface area contributed by atoms with E-state index in [1.165, 1.54) is 12.8 Å². The van der Waals surface area contributed by atoms with Crippen molar-refractivity contribution in [3.8, 4) is 0 Å². The number of piperidine rings is 1. The van der Waals surface area contributed by atoms with Crippen molar-refractivity contribution in [1.29, 1.82) is 0 Å². The van der Waals surface area contributed by atoms with Gasteiger partial charge in [0, 0.05) is 39.3 Å². The maximum absolute atomic E-state index is 11.8. The molecule has 3 rings (SSSR count). The van der Waals surface area contributed by atoms with Crippen LogP contribution in [0.1, 0.15) is 25.7 Å². The number of likely N-dealkylation sites (N-methyl/N-ethyl adjacent to an activating group) is 1. The highest BCUT2D eigenvalue weighted by molar-refractivity contribution is 7.13. The van der Waals surface area contributed by atoms with Gasteiger partial charge in [-0.3, -0.25) is 9.69 Å². The molecule has 1 N–H and O–H groups in total. The molecule has 0 unspecified atom stereocenters. The number of carboxylic acids is 1. The van der Waals surface area contributed by atoms with Crippen molar-refractivity contribution >= 4 is 28.3 Å². The number of aromatic nitrogens is 2. The molecule has 2 aliphatic heterocycles. The predicted molar refractivity (Wildman–Crippen MR) is 97.3 cm³/mol. The first-order valence-corrected chi connectivity index (χ1v) is 9.69. The molecule has 3 heterocycles. The molecule has 8 nitrogen and oxygen atoms in total. The highest BCUT2D eigenvalue weighted by Gasteiger charge is 2.44. The van der Waals surface area contributed by atoms with E-state index >= 15 is 0 Å². The SMILES string of the molecule is CN(C)C(=O)CN1CCC2(CCCN2c2nncs2)CC1.O=C(O)C(F)(F)F. The number of likely N-dealkylation sites (tertiary alicyclic amines) is 1. The Morgan fingerprint density at radius 2 is 1.86 bits per heavy atom. The number of rotatable bonds is 3. The van der Waals surface area contributed by atoms with Crippen molar-refractivity contribution in [3.05, 3.63) is 5.51 Å². The molecule has 1 amide bonds. The van der Waals surface area contributed by atoms with E-state index < -0.39 is 12.1 Å². The van der Waals surface area contributed by atoms with E-state index in [9.17, 15) is 18.0 Å². The minimum absolute atomic E-state index is 0.193. The Morgan fingerprint density at radius 3 is 2.32 bits per heavy atom. The summed E-state index contributed by atoms with van der Waals surface area (Å²) in [6, 6.07) is 0. The van der Waals surface area contributed by atoms with Crippen LogP contribution in [0.3, 0.4) is 0 Å². The van der Waals surface area contributed by atoms with Gasteiger partial charge in [0.2, 0.25) is 11.0 Å². The summed E-state index contributed by atoms with van der Waals surface area (Å²) in [5.41, 5.74) is 2.06. The normalized spacial score (nSPS) is 19.2. The summed E-state index contributed by atoms with van der Waals surface area (Å²) in [4.78, 5) is 27.2. The summed E-state index contributed by atoms with van der Waals surface area (Å²) in [6.07, 6.45) is -0.376. The second-order valence-electron chi connectivity index (χ2n) is 7.07. The number of alkyl halides is 3. The fraction of sp³-hybridized carbons (Fsp3) is 0.750. The van der Waals surface area contributed by atoms with Crippen LogP contribution in [-0.2, 0) is 9.59 Å². The van der Waals surface area contributed by atoms with Crippen molar-refractivity contribution in [2.24, 2.45) is 0 Å². The molecule has 28 heavy (non-hydrogen) atoms. The Kier molecular flexibility index (Phi) is 7.21. The van der Waals surface area contributed by atoms with Gasteiger partial charge in [-0.25, -0.2) is 4.79 Å². The molecule has 0 bridgehead atoms. The molecule has 12 heteroatoms. The van der Waals surface area contributed by atoms with Gasteiger partial charge < -0.3 is 14.9 Å². The highest BCUT2D eigenvalue weighted by atomic mass is 32.1. The number of hydrogen-bond acceptors (Lipinski definition) is 7. The van der Waals surface area contributed by atoms with Gasteiger partial charge in [-0.2, -0.15) is 13.2 Å². The van der Waals surface area contributed by atoms with Crippen molar-refractivity contribution in [2.75, 3.05) is 45.2 Å². The Morgan fingerprint density at radius 1 is 1.25 bits per heavy atom. The Balaban J connectivity index is 0.000000345. The van der Waals surface area contributed by atoms with Crippen LogP contribution in [0.15, 0.2) is 5.51 Å². The van der Waals surface area contributed by atoms with Gasteiger partial charge in [-0.05, 0) is 25.7 Å². The standard InChI is InChI=1S/C14H23N5OS.C2HF3O2/c1-17(2)12(20)10-18-8-5-14(6-9-18)4-3-7-19(14)13-16-15-11-21-13;3-2(4,5)1(6)7/h11H,3-10H2,1-2H3;(H,6,7). The number of carboxylic acid groups (broad SMARTS) is 1. The zero-order valence-corrected chi connectivity index (χ0v) is 16.6. The van der Waals surface area contributed by atoms with Gasteiger partial charge in [0.1, 0.15) is 5.51 Å². The van der Waals surface area contributed by atoms with Crippen LogP contribution < -0.4 is 4.90 Å². The van der Waals surface area contributed by atoms with Crippen molar-refractivity contribution < 1.29 is 27.9 Å². The zero-order chi connectivity index (χ0) is 20.9. The number of hydrogen-bond donors (Lipinski definition) is 1. The smallest absolute Gasteiger partial charge is 0.475 e. The number of amides is 1. The summed E-state index contributed by atoms with van der Waals surface area (Å²) in [7, 11) is 3.64. The molecular formula is C16H24F3N5O3S. The largest absolute Gasteiger partial charge is 0.490 e. The number of anilines is 1. The molecule has 0 saturated carbocycles. The van der Waals surface area contributed by atoms with E-state index in [1.54, 1.807) is 16.2 Å². The average molecular weight is 423 g/mol. The topological polar surface area (TPSA) is 89.9 Å². The van der Waals surface area contributed by atoms with Gasteiger partial charge in [0.25, 0.3) is 0 Å². The minimum atomic E-state index is -5.08. The minimum Gasteiger partial charge on any atom is -0.475 e. The fourth-order valence-electron chi connectivity index (χ4n) is 3.50. The monoisotopic (exact) mass is 423 g/mol. The summed E-state index contributed by atoms with van der Waals surface area (Å²) in [5.74, 6) is -2.56. The Labute approximate surface area is 164 Å². The molecule has 2 fully saturated rings. The third-order valence-corrected chi connectivity index (χ3v) is 5.78. The van der Waals surface area contributed by atoms with Gasteiger partial charge in [-0.1, -0.05) is 11.3 Å². The molecule has 1 spiro atoms. The fourth-order valence-corrected chi connectivity index (χ4v) is 4.20. The van der Waals surface area contributed by atoms with Crippen molar-refractivity contribution in [2.45, 2.75) is 37.4 Å². The van der Waals surface area contributed by atoms with Crippen LogP contribution in [-0.4, -0.2) is 89.0 Å². The molecule has 0 aromatic carbocycles. The second kappa shape index (κ2) is 9.03. The third kappa shape index (κ3) is 5.53. The lowest BCUT2D eigenvalue weighted by atomic mass is 9.85. The van der Waals surface area contributed by atoms with Crippen LogP contribution >= 0.6 is 11.3 Å². The molecule has 2 aliphatic rings. The lowest BCUT2D eigenvalue weighted by Gasteiger charge is -2.44. The van der Waals surface area contributed by atoms with E-state index in [1.807, 2.05) is 19.6 Å². The van der Waals surface area contributed by atoms with E-state index in [-0.39, 0.29) is 11.4 Å². The molecule has 1 aromatic rings. The number of carbonyl (C=O) groups excluding carboxylic acids is 1. The Bertz CT molecular complexity index is 661. The van der Waals surface area contributed by atoms with E-state index in [0.29, 0.717) is 6.54 Å². The number of aliphatic carboxylic acids is 1. The van der Waals surface area contributed by atoms with E-state index in [2.05, 4.69) is 20.0 Å². The van der Waals surface area contributed by atoms with Gasteiger partial charge in [-0.15, -0.1) is 10.2 Å². The Hall–Kier alpha value is -1.95. The summed E-state index contributed by atoms with van der Waals surface area (Å²) < 4.78 is 31.7. The lowest BCUT2D eigenvalue weighted by Crippen LogP contribution is -2.53. The zero-order valence-electron chi connectivity index (χ0n) is 15.8. The first kappa shape index (κ1) is 22.3. The molecule has 0 radical (unpaired) electrons. The van der Waals surface area contributed by atoms with Crippen LogP contribution in [0.5, 0.6) is 0 Å². The summed E-state index contributed by atoms with van der Waals surface area (Å²) >= 11 is 1.63. The van der Waals surface area contributed by atoms with Crippen LogP contribution in [0.25, 0.3) is 0 Å². The number of halogens is 3. The summed E-state index contributed by atoms with van der Waals surface area (Å²) in [5, 5.41) is 16.4. The maximum atomic E-state index is 11.8. The molecule has 2 saturated heterocycles. The molecule has 158 valence electrons. The van der Waals surface area contributed by atoms with Gasteiger partial charge in [0.05, 0.1) is 6.54 Å². The molecular weight excluding hydrogens is 399 g/mol. The van der Waals surface area contributed by atoms with Crippen molar-refractivity contribution in [3.63, 3.8) is 0 Å². The van der Waals surface area contributed by atoms with Crippen molar-refractivity contribution in [1.82, 2.24) is 20.0 Å². The summed E-state index contributed by atoms with van der Waals surface area (Å²) in [6.45, 7) is 3.62. The molecule has 0 atom stereocenters. The number of carbonyl (C=O) groups is 2. The first-order valence-electron chi connectivity index (χ1n) is 8.81. The highest BCUT2D eigenvalue weighted by Crippen LogP contribution is 2.41. The number of nitrogens with zero attached hydrogens (tertiary/aromatic N) is 5. The van der Waals surface area contributed by atoms with Gasteiger partial charge >= 0.3 is 12.1 Å².